The average Bonchev–Trinajstić information content (AvgIpc) is 2.81. The molecule has 2 fully saturated rings. The summed E-state index contributed by atoms with van der Waals surface area (Å²) in [5.74, 6) is 0.733. The lowest BCUT2D eigenvalue weighted by molar-refractivity contribution is -0.148. The number of likely N-dealkylation sites (tertiary alicyclic amines) is 1. The predicted molar refractivity (Wildman–Crippen MR) is 73.6 cm³/mol. The largest absolute Gasteiger partial charge is 0.345 e. The first kappa shape index (κ1) is 14.3. The van der Waals surface area contributed by atoms with Crippen LogP contribution in [0.2, 0.25) is 0 Å². The topological polar surface area (TPSA) is 52.6 Å². The Kier molecular flexibility index (Phi) is 4.45. The Balaban J connectivity index is 2.02. The first-order valence-corrected chi connectivity index (χ1v) is 7.32. The van der Waals surface area contributed by atoms with E-state index in [-0.39, 0.29) is 30.3 Å². The van der Waals surface area contributed by atoms with Gasteiger partial charge in [-0.25, -0.2) is 0 Å². The van der Waals surface area contributed by atoms with Gasteiger partial charge < -0.3 is 15.1 Å². The molecule has 0 bridgehead atoms. The fraction of sp³-hybridized carbons (Fsp3) is 0.857. The molecule has 19 heavy (non-hydrogen) atoms. The maximum atomic E-state index is 12.1. The lowest BCUT2D eigenvalue weighted by Gasteiger charge is -2.38. The lowest BCUT2D eigenvalue weighted by Crippen LogP contribution is -2.61. The smallest absolute Gasteiger partial charge is 0.243 e. The van der Waals surface area contributed by atoms with Crippen LogP contribution in [-0.2, 0) is 9.59 Å². The van der Waals surface area contributed by atoms with Gasteiger partial charge in [-0.3, -0.25) is 9.59 Å². The van der Waals surface area contributed by atoms with E-state index in [1.54, 1.807) is 0 Å². The molecule has 0 aromatic carbocycles. The third-order valence-electron chi connectivity index (χ3n) is 4.24. The molecule has 2 heterocycles. The summed E-state index contributed by atoms with van der Waals surface area (Å²) in [5, 5.41) is 2.70. The van der Waals surface area contributed by atoms with Crippen molar-refractivity contribution in [3.05, 3.63) is 0 Å². The molecule has 0 aromatic heterocycles. The van der Waals surface area contributed by atoms with Crippen molar-refractivity contribution in [1.82, 2.24) is 15.1 Å². The van der Waals surface area contributed by atoms with E-state index in [0.29, 0.717) is 5.92 Å². The van der Waals surface area contributed by atoms with Crippen molar-refractivity contribution in [2.45, 2.75) is 33.2 Å². The predicted octanol–water partition coefficient (Wildman–Crippen LogP) is 0.311. The zero-order valence-corrected chi connectivity index (χ0v) is 12.2. The molecule has 2 atom stereocenters. The quantitative estimate of drug-likeness (QED) is 0.797. The number of nitrogens with one attached hydrogen (secondary N) is 1. The number of carbonyl (C=O) groups is 2. The molecule has 5 heteroatoms. The minimum absolute atomic E-state index is 0.0000513. The highest BCUT2D eigenvalue weighted by molar-refractivity contribution is 5.94. The second-order valence-electron chi connectivity index (χ2n) is 6.00. The first-order valence-electron chi connectivity index (χ1n) is 7.32. The maximum absolute atomic E-state index is 12.1. The zero-order valence-electron chi connectivity index (χ0n) is 12.2. The van der Waals surface area contributed by atoms with E-state index in [1.165, 1.54) is 0 Å². The van der Waals surface area contributed by atoms with Crippen LogP contribution in [0, 0.1) is 11.8 Å². The molecular weight excluding hydrogens is 242 g/mol. The summed E-state index contributed by atoms with van der Waals surface area (Å²) in [6, 6.07) is -0.295. The highest BCUT2D eigenvalue weighted by Gasteiger charge is 2.38. The van der Waals surface area contributed by atoms with Crippen molar-refractivity contribution in [3.63, 3.8) is 0 Å². The van der Waals surface area contributed by atoms with Crippen molar-refractivity contribution in [1.29, 1.82) is 0 Å². The average molecular weight is 267 g/mol. The van der Waals surface area contributed by atoms with E-state index in [2.05, 4.69) is 17.1 Å². The molecule has 2 unspecified atom stereocenters. The zero-order chi connectivity index (χ0) is 14.0. The van der Waals surface area contributed by atoms with Crippen LogP contribution in [-0.4, -0.2) is 60.4 Å². The summed E-state index contributed by atoms with van der Waals surface area (Å²) < 4.78 is 0. The molecule has 0 aliphatic carbocycles. The number of nitrogens with zero attached hydrogens (tertiary/aromatic N) is 2. The molecule has 2 aliphatic heterocycles. The third kappa shape index (κ3) is 3.08. The van der Waals surface area contributed by atoms with Crippen molar-refractivity contribution < 1.29 is 9.59 Å². The van der Waals surface area contributed by atoms with Gasteiger partial charge >= 0.3 is 0 Å². The second kappa shape index (κ2) is 5.90. The van der Waals surface area contributed by atoms with E-state index >= 15 is 0 Å². The highest BCUT2D eigenvalue weighted by atomic mass is 16.2. The molecule has 0 saturated carbocycles. The highest BCUT2D eigenvalue weighted by Crippen LogP contribution is 2.22. The number of carbonyl (C=O) groups excluding carboxylic acids is 2. The van der Waals surface area contributed by atoms with E-state index in [0.717, 1.165) is 32.6 Å². The van der Waals surface area contributed by atoms with Gasteiger partial charge in [-0.1, -0.05) is 20.8 Å². The van der Waals surface area contributed by atoms with Gasteiger partial charge in [0.25, 0.3) is 0 Å². The van der Waals surface area contributed by atoms with Crippen molar-refractivity contribution >= 4 is 11.8 Å². The Labute approximate surface area is 115 Å². The van der Waals surface area contributed by atoms with Crippen LogP contribution in [0.15, 0.2) is 0 Å². The minimum atomic E-state index is -0.295. The standard InChI is InChI=1S/C14H25N3O2/c1-4-16-6-5-11(8-16)9-17-12(18)7-15-14(19)13(17)10(2)3/h10-11,13H,4-9H2,1-3H3,(H,15,19). The number of hydrogen-bond acceptors (Lipinski definition) is 3. The molecule has 2 rings (SSSR count). The Hall–Kier alpha value is -1.10. The van der Waals surface area contributed by atoms with Gasteiger partial charge in [-0.2, -0.15) is 0 Å². The Morgan fingerprint density at radius 1 is 1.37 bits per heavy atom. The fourth-order valence-electron chi connectivity index (χ4n) is 3.17. The van der Waals surface area contributed by atoms with Crippen LogP contribution in [0.4, 0.5) is 0 Å². The Morgan fingerprint density at radius 3 is 2.68 bits per heavy atom. The van der Waals surface area contributed by atoms with Gasteiger partial charge in [0, 0.05) is 13.1 Å². The number of piperazine rings is 1. The molecule has 2 aliphatic rings. The normalized spacial score (nSPS) is 29.2. The number of rotatable bonds is 4. The van der Waals surface area contributed by atoms with Gasteiger partial charge in [-0.05, 0) is 31.3 Å². The molecule has 0 radical (unpaired) electrons. The number of hydrogen-bond donors (Lipinski definition) is 1. The molecule has 0 aromatic rings. The van der Waals surface area contributed by atoms with Gasteiger partial charge in [0.15, 0.2) is 0 Å². The van der Waals surface area contributed by atoms with Crippen molar-refractivity contribution in [3.8, 4) is 0 Å². The van der Waals surface area contributed by atoms with Crippen molar-refractivity contribution in [2.24, 2.45) is 11.8 Å². The van der Waals surface area contributed by atoms with Gasteiger partial charge in [-0.15, -0.1) is 0 Å². The fourth-order valence-corrected chi connectivity index (χ4v) is 3.17. The summed E-state index contributed by atoms with van der Waals surface area (Å²) in [4.78, 5) is 28.3. The van der Waals surface area contributed by atoms with Gasteiger partial charge in [0.2, 0.25) is 11.8 Å². The monoisotopic (exact) mass is 267 g/mol. The SMILES string of the molecule is CCN1CCC(CN2C(=O)CNC(=O)C2C(C)C)C1. The summed E-state index contributed by atoms with van der Waals surface area (Å²) in [6.45, 7) is 10.3. The molecule has 2 saturated heterocycles. The summed E-state index contributed by atoms with van der Waals surface area (Å²) in [5.41, 5.74) is 0. The molecule has 1 N–H and O–H groups in total. The van der Waals surface area contributed by atoms with Gasteiger partial charge in [0.1, 0.15) is 6.04 Å². The third-order valence-corrected chi connectivity index (χ3v) is 4.24. The van der Waals surface area contributed by atoms with Gasteiger partial charge in [0.05, 0.1) is 6.54 Å². The summed E-state index contributed by atoms with van der Waals surface area (Å²) in [6.07, 6.45) is 1.13. The Morgan fingerprint density at radius 2 is 2.11 bits per heavy atom. The van der Waals surface area contributed by atoms with Crippen LogP contribution in [0.5, 0.6) is 0 Å². The van der Waals surface area contributed by atoms with E-state index in [9.17, 15) is 9.59 Å². The van der Waals surface area contributed by atoms with Crippen LogP contribution >= 0.6 is 0 Å². The van der Waals surface area contributed by atoms with E-state index < -0.39 is 0 Å². The van der Waals surface area contributed by atoms with Crippen LogP contribution in [0.1, 0.15) is 27.2 Å². The summed E-state index contributed by atoms with van der Waals surface area (Å²) >= 11 is 0. The minimum Gasteiger partial charge on any atom is -0.345 e. The van der Waals surface area contributed by atoms with Crippen molar-refractivity contribution in [2.75, 3.05) is 32.7 Å². The van der Waals surface area contributed by atoms with E-state index in [4.69, 9.17) is 0 Å². The molecule has 0 spiro atoms. The van der Waals surface area contributed by atoms with Crippen LogP contribution in [0.25, 0.3) is 0 Å². The first-order chi connectivity index (χ1) is 9.02. The molecule has 108 valence electrons. The molecule has 5 nitrogen and oxygen atoms in total. The summed E-state index contributed by atoms with van der Waals surface area (Å²) in [7, 11) is 0. The van der Waals surface area contributed by atoms with E-state index in [1.807, 2.05) is 18.7 Å². The van der Waals surface area contributed by atoms with Crippen LogP contribution in [0.3, 0.4) is 0 Å². The maximum Gasteiger partial charge on any atom is 0.243 e. The molecular formula is C14H25N3O2. The van der Waals surface area contributed by atoms with Crippen LogP contribution < -0.4 is 5.32 Å². The number of amides is 2. The lowest BCUT2D eigenvalue weighted by atomic mass is 9.97. The molecule has 2 amide bonds. The Bertz CT molecular complexity index is 357. The second-order valence-corrected chi connectivity index (χ2v) is 6.00.